The zero-order chi connectivity index (χ0) is 20.5. The first kappa shape index (κ1) is 19.7. The fourth-order valence-corrected chi connectivity index (χ4v) is 5.78. The number of carbonyl (C=O) groups excluding carboxylic acids is 1. The molecule has 1 aliphatic carbocycles. The summed E-state index contributed by atoms with van der Waals surface area (Å²) in [5.41, 5.74) is 4.12. The van der Waals surface area contributed by atoms with Crippen molar-refractivity contribution in [1.82, 2.24) is 19.8 Å². The first-order valence-electron chi connectivity index (χ1n) is 11.6. The molecule has 158 valence electrons. The predicted octanol–water partition coefficient (Wildman–Crippen LogP) is 4.18. The number of carbonyl (C=O) groups is 1. The van der Waals surface area contributed by atoms with Gasteiger partial charge >= 0.3 is 0 Å². The van der Waals surface area contributed by atoms with Crippen molar-refractivity contribution in [2.75, 3.05) is 19.6 Å². The second-order valence-electron chi connectivity index (χ2n) is 9.35. The number of fused-ring (bicyclic) bond motifs is 1. The van der Waals surface area contributed by atoms with Crippen molar-refractivity contribution < 1.29 is 4.79 Å². The molecule has 2 aromatic rings. The van der Waals surface area contributed by atoms with Crippen LogP contribution in [-0.4, -0.2) is 51.4 Å². The van der Waals surface area contributed by atoms with E-state index in [-0.39, 0.29) is 5.91 Å². The molecular formula is C25H32N4O. The number of aromatic nitrogens is 2. The molecular weight excluding hydrogens is 372 g/mol. The number of hydrogen-bond donors (Lipinski definition) is 0. The normalized spacial score (nSPS) is 26.7. The molecule has 2 saturated heterocycles. The van der Waals surface area contributed by atoms with E-state index in [0.29, 0.717) is 23.6 Å². The Balaban J connectivity index is 1.34. The van der Waals surface area contributed by atoms with Crippen LogP contribution in [0.25, 0.3) is 0 Å². The summed E-state index contributed by atoms with van der Waals surface area (Å²) in [6, 6.07) is 9.59. The van der Waals surface area contributed by atoms with E-state index in [1.165, 1.54) is 56.3 Å². The molecule has 1 aromatic carbocycles. The molecule has 3 heterocycles. The topological polar surface area (TPSA) is 49.3 Å². The first-order chi connectivity index (χ1) is 14.7. The van der Waals surface area contributed by atoms with Gasteiger partial charge in [-0.25, -0.2) is 4.98 Å². The predicted molar refractivity (Wildman–Crippen MR) is 117 cm³/mol. The minimum atomic E-state index is 0.0487. The molecule has 30 heavy (non-hydrogen) atoms. The van der Waals surface area contributed by atoms with Crippen LogP contribution in [0, 0.1) is 12.8 Å². The summed E-state index contributed by atoms with van der Waals surface area (Å²) in [5, 5.41) is 0. The highest BCUT2D eigenvalue weighted by molar-refractivity contribution is 5.92. The van der Waals surface area contributed by atoms with Gasteiger partial charge in [0.05, 0.1) is 11.9 Å². The number of rotatable bonds is 4. The number of amides is 1. The van der Waals surface area contributed by atoms with Crippen molar-refractivity contribution in [2.24, 2.45) is 5.92 Å². The second-order valence-corrected chi connectivity index (χ2v) is 9.35. The van der Waals surface area contributed by atoms with Crippen LogP contribution in [0.15, 0.2) is 36.7 Å². The van der Waals surface area contributed by atoms with Crippen molar-refractivity contribution in [2.45, 2.75) is 64.0 Å². The molecule has 2 aliphatic heterocycles. The van der Waals surface area contributed by atoms with Gasteiger partial charge in [0.1, 0.15) is 5.69 Å². The molecule has 3 atom stereocenters. The van der Waals surface area contributed by atoms with Crippen molar-refractivity contribution in [3.05, 3.63) is 59.2 Å². The van der Waals surface area contributed by atoms with Gasteiger partial charge < -0.3 is 4.90 Å². The fourth-order valence-electron chi connectivity index (χ4n) is 5.78. The van der Waals surface area contributed by atoms with E-state index in [4.69, 9.17) is 0 Å². The molecule has 5 heteroatoms. The Labute approximate surface area is 179 Å². The lowest BCUT2D eigenvalue weighted by molar-refractivity contribution is 0.0683. The highest BCUT2D eigenvalue weighted by Gasteiger charge is 2.45. The lowest BCUT2D eigenvalue weighted by Crippen LogP contribution is -2.39. The summed E-state index contributed by atoms with van der Waals surface area (Å²) < 4.78 is 0. The SMILES string of the molecule is Cc1cnc(C(=O)N2C[C@H](c3ccc(CN4CCCC4)cc3)[C@H]3CCCC[C@H]32)cn1. The molecule has 3 aliphatic rings. The highest BCUT2D eigenvalue weighted by Crippen LogP contribution is 2.45. The van der Waals surface area contributed by atoms with Gasteiger partial charge in [-0.3, -0.25) is 14.7 Å². The van der Waals surface area contributed by atoms with Crippen LogP contribution in [0.1, 0.15) is 71.8 Å². The van der Waals surface area contributed by atoms with E-state index >= 15 is 0 Å². The van der Waals surface area contributed by atoms with Gasteiger partial charge in [0.2, 0.25) is 0 Å². The summed E-state index contributed by atoms with van der Waals surface area (Å²) in [6.45, 7) is 6.22. The van der Waals surface area contributed by atoms with E-state index in [9.17, 15) is 4.79 Å². The molecule has 5 nitrogen and oxygen atoms in total. The number of nitrogens with zero attached hydrogens (tertiary/aromatic N) is 4. The van der Waals surface area contributed by atoms with Gasteiger partial charge in [0, 0.05) is 31.2 Å². The molecule has 1 amide bonds. The molecule has 0 bridgehead atoms. The summed E-state index contributed by atoms with van der Waals surface area (Å²) in [7, 11) is 0. The van der Waals surface area contributed by atoms with Gasteiger partial charge in [0.15, 0.2) is 0 Å². The molecule has 0 radical (unpaired) electrons. The quantitative estimate of drug-likeness (QED) is 0.767. The fraction of sp³-hybridized carbons (Fsp3) is 0.560. The first-order valence-corrected chi connectivity index (χ1v) is 11.6. The maximum atomic E-state index is 13.3. The van der Waals surface area contributed by atoms with Gasteiger partial charge in [-0.05, 0) is 62.7 Å². The van der Waals surface area contributed by atoms with Crippen LogP contribution < -0.4 is 0 Å². The Hall–Kier alpha value is -2.27. The zero-order valence-electron chi connectivity index (χ0n) is 18.0. The smallest absolute Gasteiger partial charge is 0.274 e. The lowest BCUT2D eigenvalue weighted by Gasteiger charge is -2.32. The van der Waals surface area contributed by atoms with Crippen LogP contribution in [0.5, 0.6) is 0 Å². The average Bonchev–Trinajstić information content (AvgIpc) is 3.42. The Kier molecular flexibility index (Phi) is 5.55. The Morgan fingerprint density at radius 3 is 2.50 bits per heavy atom. The van der Waals surface area contributed by atoms with E-state index in [1.54, 1.807) is 12.4 Å². The maximum Gasteiger partial charge on any atom is 0.274 e. The van der Waals surface area contributed by atoms with E-state index in [0.717, 1.165) is 25.2 Å². The van der Waals surface area contributed by atoms with Crippen LogP contribution in [0.2, 0.25) is 0 Å². The summed E-state index contributed by atoms with van der Waals surface area (Å²) in [4.78, 5) is 26.6. The third-order valence-corrected chi connectivity index (χ3v) is 7.37. The minimum Gasteiger partial charge on any atom is -0.333 e. The lowest BCUT2D eigenvalue weighted by atomic mass is 9.77. The van der Waals surface area contributed by atoms with Crippen molar-refractivity contribution in [3.63, 3.8) is 0 Å². The molecule has 0 spiro atoms. The molecule has 5 rings (SSSR count). The maximum absolute atomic E-state index is 13.3. The van der Waals surface area contributed by atoms with Crippen LogP contribution in [0.4, 0.5) is 0 Å². The van der Waals surface area contributed by atoms with Crippen molar-refractivity contribution >= 4 is 5.91 Å². The van der Waals surface area contributed by atoms with Gasteiger partial charge in [-0.15, -0.1) is 0 Å². The molecule has 0 unspecified atom stereocenters. The van der Waals surface area contributed by atoms with Crippen LogP contribution >= 0.6 is 0 Å². The van der Waals surface area contributed by atoms with E-state index < -0.39 is 0 Å². The molecule has 1 saturated carbocycles. The van der Waals surface area contributed by atoms with Gasteiger partial charge in [-0.2, -0.15) is 0 Å². The Morgan fingerprint density at radius 1 is 1.00 bits per heavy atom. The van der Waals surface area contributed by atoms with Crippen LogP contribution in [0.3, 0.4) is 0 Å². The number of likely N-dealkylation sites (tertiary alicyclic amines) is 2. The van der Waals surface area contributed by atoms with Gasteiger partial charge in [0.25, 0.3) is 5.91 Å². The second kappa shape index (κ2) is 8.46. The van der Waals surface area contributed by atoms with Crippen molar-refractivity contribution in [1.29, 1.82) is 0 Å². The summed E-state index contributed by atoms with van der Waals surface area (Å²) in [5.74, 6) is 1.04. The molecule has 3 fully saturated rings. The van der Waals surface area contributed by atoms with E-state index in [1.807, 2.05) is 6.92 Å². The third-order valence-electron chi connectivity index (χ3n) is 7.37. The summed E-state index contributed by atoms with van der Waals surface area (Å²) in [6.07, 6.45) is 10.8. The largest absolute Gasteiger partial charge is 0.333 e. The third kappa shape index (κ3) is 3.87. The monoisotopic (exact) mass is 404 g/mol. The number of benzene rings is 1. The Morgan fingerprint density at radius 2 is 1.77 bits per heavy atom. The summed E-state index contributed by atoms with van der Waals surface area (Å²) >= 11 is 0. The van der Waals surface area contributed by atoms with Crippen molar-refractivity contribution in [3.8, 4) is 0 Å². The van der Waals surface area contributed by atoms with Gasteiger partial charge in [-0.1, -0.05) is 37.1 Å². The minimum absolute atomic E-state index is 0.0487. The highest BCUT2D eigenvalue weighted by atomic mass is 16.2. The molecule has 0 N–H and O–H groups in total. The number of aryl methyl sites for hydroxylation is 1. The average molecular weight is 405 g/mol. The zero-order valence-corrected chi connectivity index (χ0v) is 18.0. The van der Waals surface area contributed by atoms with E-state index in [2.05, 4.69) is 44.0 Å². The number of hydrogen-bond acceptors (Lipinski definition) is 4. The molecule has 1 aromatic heterocycles. The standard InChI is InChI=1S/C25H32N4O/c1-18-14-27-23(15-26-18)25(30)29-17-22(21-6-2-3-7-24(21)29)20-10-8-19(9-11-20)16-28-12-4-5-13-28/h8-11,14-15,21-22,24H,2-7,12-13,16-17H2,1H3/t21-,22-,24-/m1/s1. The van der Waals surface area contributed by atoms with Crippen LogP contribution in [-0.2, 0) is 6.54 Å². The Bertz CT molecular complexity index is 873.